The third kappa shape index (κ3) is 4.45. The molecule has 1 aromatic heterocycles. The summed E-state index contributed by atoms with van der Waals surface area (Å²) in [6.45, 7) is 2.19. The van der Waals surface area contributed by atoms with Crippen molar-refractivity contribution in [3.05, 3.63) is 28.2 Å². The van der Waals surface area contributed by atoms with Gasteiger partial charge in [0, 0.05) is 16.6 Å². The first-order chi connectivity index (χ1) is 12.5. The molecule has 1 saturated carbocycles. The summed E-state index contributed by atoms with van der Waals surface area (Å²) in [5.41, 5.74) is 0.637. The predicted molar refractivity (Wildman–Crippen MR) is 106 cm³/mol. The van der Waals surface area contributed by atoms with Crippen LogP contribution >= 0.6 is 35.0 Å². The number of hydrogen-bond acceptors (Lipinski definition) is 5. The number of nitrogen functional groups attached to an aromatic ring is 1. The van der Waals surface area contributed by atoms with Gasteiger partial charge in [0.05, 0.1) is 10.8 Å². The van der Waals surface area contributed by atoms with Crippen LogP contribution in [0.2, 0.25) is 10.0 Å². The topological polar surface area (TPSA) is 85.8 Å². The fourth-order valence-electron chi connectivity index (χ4n) is 3.14. The molecule has 1 aliphatic rings. The summed E-state index contributed by atoms with van der Waals surface area (Å²) in [6.07, 6.45) is 4.63. The molecule has 26 heavy (non-hydrogen) atoms. The largest absolute Gasteiger partial charge is 0.352 e. The molecule has 1 aliphatic carbocycles. The van der Waals surface area contributed by atoms with Gasteiger partial charge >= 0.3 is 0 Å². The molecule has 1 heterocycles. The van der Waals surface area contributed by atoms with Crippen LogP contribution in [0.5, 0.6) is 0 Å². The number of carbonyl (C=O) groups excluding carboxylic acids is 1. The first-order valence-corrected chi connectivity index (χ1v) is 10.3. The molecule has 9 heteroatoms. The van der Waals surface area contributed by atoms with E-state index < -0.39 is 0 Å². The smallest absolute Gasteiger partial charge is 0.230 e. The number of nitrogens with zero attached hydrogens (tertiary/aromatic N) is 3. The molecule has 140 valence electrons. The number of amides is 1. The van der Waals surface area contributed by atoms with Gasteiger partial charge in [0.2, 0.25) is 11.1 Å². The van der Waals surface area contributed by atoms with Crippen LogP contribution in [-0.4, -0.2) is 32.6 Å². The van der Waals surface area contributed by atoms with Gasteiger partial charge in [-0.05, 0) is 37.0 Å². The molecule has 0 radical (unpaired) electrons. The van der Waals surface area contributed by atoms with Gasteiger partial charge in [-0.2, -0.15) is 0 Å². The highest BCUT2D eigenvalue weighted by Crippen LogP contribution is 2.30. The van der Waals surface area contributed by atoms with Crippen LogP contribution in [0.3, 0.4) is 0 Å². The Morgan fingerprint density at radius 2 is 2.12 bits per heavy atom. The molecule has 1 fully saturated rings. The second-order valence-corrected chi connectivity index (χ2v) is 8.31. The zero-order valence-electron chi connectivity index (χ0n) is 14.4. The second-order valence-electron chi connectivity index (χ2n) is 6.52. The summed E-state index contributed by atoms with van der Waals surface area (Å²) in [5, 5.41) is 12.7. The highest BCUT2D eigenvalue weighted by Gasteiger charge is 2.23. The average molecular weight is 414 g/mol. The normalized spacial score (nSPS) is 20.1. The van der Waals surface area contributed by atoms with E-state index >= 15 is 0 Å². The van der Waals surface area contributed by atoms with Crippen molar-refractivity contribution < 1.29 is 4.79 Å². The molecule has 2 atom stereocenters. The number of nitrogens with one attached hydrogen (secondary N) is 1. The van der Waals surface area contributed by atoms with Crippen LogP contribution in [0.15, 0.2) is 23.4 Å². The molecule has 0 unspecified atom stereocenters. The summed E-state index contributed by atoms with van der Waals surface area (Å²) in [5.74, 6) is 7.26. The summed E-state index contributed by atoms with van der Waals surface area (Å²) >= 11 is 13.4. The van der Waals surface area contributed by atoms with E-state index in [0.29, 0.717) is 32.5 Å². The maximum atomic E-state index is 12.2. The molecule has 3 rings (SSSR count). The third-order valence-electron chi connectivity index (χ3n) is 4.63. The number of nitrogens with two attached hydrogens (primary N) is 1. The minimum atomic E-state index is -0.0113. The van der Waals surface area contributed by atoms with Crippen LogP contribution < -0.4 is 11.2 Å². The van der Waals surface area contributed by atoms with E-state index in [0.717, 1.165) is 6.42 Å². The average Bonchev–Trinajstić information content (AvgIpc) is 2.96. The Morgan fingerprint density at radius 3 is 2.85 bits per heavy atom. The van der Waals surface area contributed by atoms with E-state index in [1.807, 2.05) is 0 Å². The van der Waals surface area contributed by atoms with E-state index in [9.17, 15) is 4.79 Å². The Bertz CT molecular complexity index is 797. The van der Waals surface area contributed by atoms with Crippen LogP contribution in [0.4, 0.5) is 0 Å². The van der Waals surface area contributed by atoms with Crippen LogP contribution in [0.25, 0.3) is 11.4 Å². The van der Waals surface area contributed by atoms with Gasteiger partial charge < -0.3 is 11.2 Å². The van der Waals surface area contributed by atoms with Gasteiger partial charge in [0.15, 0.2) is 5.82 Å². The molecule has 0 aliphatic heterocycles. The Hall–Kier alpha value is -1.44. The van der Waals surface area contributed by atoms with Crippen molar-refractivity contribution in [2.75, 3.05) is 11.6 Å². The monoisotopic (exact) mass is 413 g/mol. The van der Waals surface area contributed by atoms with Gasteiger partial charge in [-0.3, -0.25) is 4.79 Å². The molecule has 1 amide bonds. The zero-order valence-corrected chi connectivity index (χ0v) is 16.7. The van der Waals surface area contributed by atoms with E-state index in [1.165, 1.54) is 35.7 Å². The number of rotatable bonds is 5. The lowest BCUT2D eigenvalue weighted by molar-refractivity contribution is -0.119. The SMILES string of the molecule is C[C@H]1CCCC[C@H]1NC(=O)CSc1nnc(-c2ccc(Cl)cc2Cl)n1N. The maximum Gasteiger partial charge on any atom is 0.230 e. The minimum Gasteiger partial charge on any atom is -0.352 e. The number of hydrogen-bond donors (Lipinski definition) is 2. The Labute approximate surface area is 166 Å². The van der Waals surface area contributed by atoms with Gasteiger partial charge in [0.25, 0.3) is 0 Å². The van der Waals surface area contributed by atoms with E-state index in [1.54, 1.807) is 18.2 Å². The minimum absolute atomic E-state index is 0.0113. The van der Waals surface area contributed by atoms with Crippen molar-refractivity contribution in [3.63, 3.8) is 0 Å². The number of halogens is 2. The molecule has 0 spiro atoms. The molecular formula is C17H21Cl2N5OS. The molecular weight excluding hydrogens is 393 g/mol. The van der Waals surface area contributed by atoms with Crippen molar-refractivity contribution in [3.8, 4) is 11.4 Å². The number of thioether (sulfide) groups is 1. The van der Waals surface area contributed by atoms with Crippen LogP contribution in [-0.2, 0) is 4.79 Å². The van der Waals surface area contributed by atoms with Gasteiger partial charge in [-0.25, -0.2) is 4.68 Å². The standard InChI is InChI=1S/C17H21Cl2N5OS/c1-10-4-2-3-5-14(10)21-15(25)9-26-17-23-22-16(24(17)20)12-7-6-11(18)8-13(12)19/h6-8,10,14H,2-5,9,20H2,1H3,(H,21,25)/t10-,14+/m0/s1. The molecule has 0 saturated heterocycles. The van der Waals surface area contributed by atoms with E-state index in [4.69, 9.17) is 29.0 Å². The lowest BCUT2D eigenvalue weighted by Gasteiger charge is -2.29. The van der Waals surface area contributed by atoms with Crippen molar-refractivity contribution in [1.29, 1.82) is 0 Å². The highest BCUT2D eigenvalue weighted by molar-refractivity contribution is 7.99. The Kier molecular flexibility index (Phi) is 6.32. The predicted octanol–water partition coefficient (Wildman–Crippen LogP) is 3.75. The lowest BCUT2D eigenvalue weighted by Crippen LogP contribution is -2.41. The molecule has 2 aromatic rings. The Morgan fingerprint density at radius 1 is 1.35 bits per heavy atom. The fraction of sp³-hybridized carbons (Fsp3) is 0.471. The highest BCUT2D eigenvalue weighted by atomic mass is 35.5. The summed E-state index contributed by atoms with van der Waals surface area (Å²) in [7, 11) is 0. The maximum absolute atomic E-state index is 12.2. The van der Waals surface area contributed by atoms with Crippen molar-refractivity contribution >= 4 is 40.9 Å². The van der Waals surface area contributed by atoms with E-state index in [2.05, 4.69) is 22.4 Å². The molecule has 3 N–H and O–H groups in total. The Balaban J connectivity index is 1.62. The van der Waals surface area contributed by atoms with Gasteiger partial charge in [-0.15, -0.1) is 10.2 Å². The van der Waals surface area contributed by atoms with Crippen LogP contribution in [0, 0.1) is 5.92 Å². The first kappa shape index (κ1) is 19.3. The van der Waals surface area contributed by atoms with Crippen molar-refractivity contribution in [2.24, 2.45) is 5.92 Å². The van der Waals surface area contributed by atoms with Gasteiger partial charge in [0.1, 0.15) is 0 Å². The van der Waals surface area contributed by atoms with E-state index in [-0.39, 0.29) is 17.7 Å². The van der Waals surface area contributed by atoms with Crippen molar-refractivity contribution in [1.82, 2.24) is 20.2 Å². The number of benzene rings is 1. The lowest BCUT2D eigenvalue weighted by atomic mass is 9.86. The first-order valence-electron chi connectivity index (χ1n) is 8.53. The zero-order chi connectivity index (χ0) is 18.7. The number of aromatic nitrogens is 3. The summed E-state index contributed by atoms with van der Waals surface area (Å²) in [6, 6.07) is 5.34. The van der Waals surface area contributed by atoms with Gasteiger partial charge in [-0.1, -0.05) is 54.7 Å². The fourth-order valence-corrected chi connectivity index (χ4v) is 4.30. The summed E-state index contributed by atoms with van der Waals surface area (Å²) < 4.78 is 1.34. The van der Waals surface area contributed by atoms with Crippen molar-refractivity contribution in [2.45, 2.75) is 43.8 Å². The molecule has 0 bridgehead atoms. The third-order valence-corrected chi connectivity index (χ3v) is 6.12. The molecule has 6 nitrogen and oxygen atoms in total. The summed E-state index contributed by atoms with van der Waals surface area (Å²) in [4.78, 5) is 12.2. The molecule has 1 aromatic carbocycles. The quantitative estimate of drug-likeness (QED) is 0.575. The number of carbonyl (C=O) groups is 1. The van der Waals surface area contributed by atoms with Crippen LogP contribution in [0.1, 0.15) is 32.6 Å². The second kappa shape index (κ2) is 8.50.